The Morgan fingerprint density at radius 1 is 1.48 bits per heavy atom. The van der Waals surface area contributed by atoms with E-state index in [0.717, 1.165) is 26.1 Å². The highest BCUT2D eigenvalue weighted by Crippen LogP contribution is 2.29. The van der Waals surface area contributed by atoms with Crippen molar-refractivity contribution in [1.82, 2.24) is 20.7 Å². The molecule has 3 rings (SSSR count). The third-order valence-electron chi connectivity index (χ3n) is 4.68. The first-order chi connectivity index (χ1) is 9.68. The lowest BCUT2D eigenvalue weighted by Crippen LogP contribution is -2.40. The molecule has 1 aromatic rings. The second-order valence-electron chi connectivity index (χ2n) is 6.56. The quantitative estimate of drug-likeness (QED) is 0.776. The fourth-order valence-electron chi connectivity index (χ4n) is 3.30. The molecule has 6 heteroatoms. The van der Waals surface area contributed by atoms with E-state index in [0.29, 0.717) is 17.5 Å². The molecule has 0 aromatic carbocycles. The van der Waals surface area contributed by atoms with E-state index in [9.17, 15) is 0 Å². The van der Waals surface area contributed by atoms with E-state index >= 15 is 0 Å². The summed E-state index contributed by atoms with van der Waals surface area (Å²) in [6.07, 6.45) is 6.10. The van der Waals surface area contributed by atoms with Crippen molar-refractivity contribution in [3.8, 4) is 0 Å². The molecule has 0 radical (unpaired) electrons. The number of rotatable bonds is 4. The van der Waals surface area contributed by atoms with Gasteiger partial charge in [-0.2, -0.15) is 0 Å². The average molecular weight is 312 g/mol. The van der Waals surface area contributed by atoms with E-state index in [1.165, 1.54) is 18.5 Å². The SMILES string of the molecule is CC1(CN)CCN(CC2CC(c3cccnc3)NN2)C1.Cl. The molecule has 3 unspecified atom stereocenters. The molecule has 0 bridgehead atoms. The number of halogens is 1. The van der Waals surface area contributed by atoms with Crippen LogP contribution in [0, 0.1) is 5.41 Å². The Balaban J connectivity index is 0.00000161. The molecule has 0 spiro atoms. The lowest BCUT2D eigenvalue weighted by Gasteiger charge is -2.24. The third kappa shape index (κ3) is 3.93. The van der Waals surface area contributed by atoms with E-state index in [4.69, 9.17) is 5.73 Å². The molecule has 3 heterocycles. The van der Waals surface area contributed by atoms with Gasteiger partial charge >= 0.3 is 0 Å². The Morgan fingerprint density at radius 3 is 3.00 bits per heavy atom. The van der Waals surface area contributed by atoms with Crippen LogP contribution in [-0.4, -0.2) is 42.1 Å². The fourth-order valence-corrected chi connectivity index (χ4v) is 3.30. The number of likely N-dealkylation sites (tertiary alicyclic amines) is 1. The number of nitrogens with zero attached hydrogens (tertiary/aromatic N) is 2. The van der Waals surface area contributed by atoms with Crippen LogP contribution in [-0.2, 0) is 0 Å². The first-order valence-electron chi connectivity index (χ1n) is 7.52. The summed E-state index contributed by atoms with van der Waals surface area (Å²) in [5.74, 6) is 0. The first kappa shape index (κ1) is 16.6. The highest BCUT2D eigenvalue weighted by Gasteiger charge is 2.34. The molecule has 5 nitrogen and oxygen atoms in total. The Morgan fingerprint density at radius 2 is 2.33 bits per heavy atom. The molecule has 4 N–H and O–H groups in total. The van der Waals surface area contributed by atoms with Gasteiger partial charge in [0.1, 0.15) is 0 Å². The topological polar surface area (TPSA) is 66.2 Å². The zero-order valence-corrected chi connectivity index (χ0v) is 13.4. The van der Waals surface area contributed by atoms with E-state index in [-0.39, 0.29) is 12.4 Å². The summed E-state index contributed by atoms with van der Waals surface area (Å²) in [4.78, 5) is 6.74. The minimum atomic E-state index is 0. The molecular formula is C15H26ClN5. The summed E-state index contributed by atoms with van der Waals surface area (Å²) >= 11 is 0. The van der Waals surface area contributed by atoms with E-state index in [1.807, 2.05) is 18.5 Å². The maximum Gasteiger partial charge on any atom is 0.0493 e. The summed E-state index contributed by atoms with van der Waals surface area (Å²) in [6.45, 7) is 6.48. The van der Waals surface area contributed by atoms with Gasteiger partial charge in [0.2, 0.25) is 0 Å². The standard InChI is InChI=1S/C15H25N5.ClH/c1-15(10-16)4-6-20(11-15)9-13-7-14(19-18-13)12-3-2-5-17-8-12;/h2-3,5,8,13-14,18-19H,4,6-7,9-11,16H2,1H3;1H. The van der Waals surface area contributed by atoms with Gasteiger partial charge in [0.05, 0.1) is 0 Å². The maximum atomic E-state index is 5.87. The van der Waals surface area contributed by atoms with Crippen molar-refractivity contribution < 1.29 is 0 Å². The van der Waals surface area contributed by atoms with Gasteiger partial charge in [-0.3, -0.25) is 10.4 Å². The van der Waals surface area contributed by atoms with Crippen molar-refractivity contribution in [2.45, 2.75) is 31.8 Å². The predicted molar refractivity (Wildman–Crippen MR) is 87.1 cm³/mol. The minimum Gasteiger partial charge on any atom is -0.330 e. The van der Waals surface area contributed by atoms with Crippen molar-refractivity contribution in [3.05, 3.63) is 30.1 Å². The number of nitrogens with one attached hydrogen (secondary N) is 2. The molecule has 2 saturated heterocycles. The molecule has 2 aliphatic heterocycles. The molecule has 118 valence electrons. The van der Waals surface area contributed by atoms with Crippen molar-refractivity contribution in [2.24, 2.45) is 11.1 Å². The van der Waals surface area contributed by atoms with Gasteiger partial charge in [0.25, 0.3) is 0 Å². The fraction of sp³-hybridized carbons (Fsp3) is 0.667. The number of hydrazine groups is 1. The number of hydrogen-bond donors (Lipinski definition) is 3. The van der Waals surface area contributed by atoms with Crippen LogP contribution in [0.4, 0.5) is 0 Å². The molecule has 3 atom stereocenters. The maximum absolute atomic E-state index is 5.87. The number of nitrogens with two attached hydrogens (primary N) is 1. The lowest BCUT2D eigenvalue weighted by molar-refractivity contribution is 0.258. The Labute approximate surface area is 133 Å². The van der Waals surface area contributed by atoms with Gasteiger partial charge in [0.15, 0.2) is 0 Å². The second kappa shape index (κ2) is 7.03. The van der Waals surface area contributed by atoms with Gasteiger partial charge < -0.3 is 10.6 Å². The molecule has 0 aliphatic carbocycles. The highest BCUT2D eigenvalue weighted by atomic mass is 35.5. The Kier molecular flexibility index (Phi) is 5.57. The monoisotopic (exact) mass is 311 g/mol. The highest BCUT2D eigenvalue weighted by molar-refractivity contribution is 5.85. The molecule has 0 saturated carbocycles. The zero-order valence-electron chi connectivity index (χ0n) is 12.6. The van der Waals surface area contributed by atoms with Crippen LogP contribution in [0.1, 0.15) is 31.4 Å². The third-order valence-corrected chi connectivity index (χ3v) is 4.68. The van der Waals surface area contributed by atoms with Crippen molar-refractivity contribution >= 4 is 12.4 Å². The Bertz CT molecular complexity index is 443. The van der Waals surface area contributed by atoms with Crippen LogP contribution in [0.15, 0.2) is 24.5 Å². The largest absolute Gasteiger partial charge is 0.330 e. The summed E-state index contributed by atoms with van der Waals surface area (Å²) < 4.78 is 0. The second-order valence-corrected chi connectivity index (χ2v) is 6.56. The van der Waals surface area contributed by atoms with Crippen LogP contribution < -0.4 is 16.6 Å². The molecule has 2 fully saturated rings. The van der Waals surface area contributed by atoms with E-state index < -0.39 is 0 Å². The van der Waals surface area contributed by atoms with Crippen LogP contribution in [0.3, 0.4) is 0 Å². The van der Waals surface area contributed by atoms with Crippen molar-refractivity contribution in [1.29, 1.82) is 0 Å². The number of aromatic nitrogens is 1. The average Bonchev–Trinajstić information content (AvgIpc) is 3.08. The van der Waals surface area contributed by atoms with Gasteiger partial charge in [-0.1, -0.05) is 13.0 Å². The summed E-state index contributed by atoms with van der Waals surface area (Å²) in [5, 5.41) is 0. The van der Waals surface area contributed by atoms with Crippen molar-refractivity contribution in [3.63, 3.8) is 0 Å². The summed E-state index contributed by atoms with van der Waals surface area (Å²) in [6, 6.07) is 5.01. The van der Waals surface area contributed by atoms with Gasteiger partial charge in [-0.15, -0.1) is 12.4 Å². The molecule has 1 aromatic heterocycles. The molecule has 2 aliphatic rings. The van der Waals surface area contributed by atoms with Crippen molar-refractivity contribution in [2.75, 3.05) is 26.2 Å². The summed E-state index contributed by atoms with van der Waals surface area (Å²) in [7, 11) is 0. The smallest absolute Gasteiger partial charge is 0.0493 e. The van der Waals surface area contributed by atoms with Gasteiger partial charge in [-0.05, 0) is 43.0 Å². The zero-order chi connectivity index (χ0) is 14.0. The molecule has 21 heavy (non-hydrogen) atoms. The van der Waals surface area contributed by atoms with Crippen LogP contribution in [0.25, 0.3) is 0 Å². The Hall–Kier alpha value is -0.720. The summed E-state index contributed by atoms with van der Waals surface area (Å²) in [5.41, 5.74) is 14.3. The normalized spacial score (nSPS) is 33.0. The van der Waals surface area contributed by atoms with Gasteiger partial charge in [-0.25, -0.2) is 5.43 Å². The minimum absolute atomic E-state index is 0. The van der Waals surface area contributed by atoms with Crippen LogP contribution >= 0.6 is 12.4 Å². The lowest BCUT2D eigenvalue weighted by atomic mass is 9.90. The number of hydrogen-bond acceptors (Lipinski definition) is 5. The predicted octanol–water partition coefficient (Wildman–Crippen LogP) is 1.08. The van der Waals surface area contributed by atoms with E-state index in [1.54, 1.807) is 0 Å². The van der Waals surface area contributed by atoms with Crippen LogP contribution in [0.5, 0.6) is 0 Å². The number of pyridine rings is 1. The molecular weight excluding hydrogens is 286 g/mol. The first-order valence-corrected chi connectivity index (χ1v) is 7.52. The van der Waals surface area contributed by atoms with Gasteiger partial charge in [0, 0.05) is 37.6 Å². The molecule has 0 amide bonds. The van der Waals surface area contributed by atoms with Crippen LogP contribution in [0.2, 0.25) is 0 Å². The van der Waals surface area contributed by atoms with E-state index in [2.05, 4.69) is 33.7 Å².